The number of hydrogen-bond donors (Lipinski definition) is 1. The second-order valence-corrected chi connectivity index (χ2v) is 4.32. The summed E-state index contributed by atoms with van der Waals surface area (Å²) in [5.74, 6) is -0.965. The van der Waals surface area contributed by atoms with Crippen LogP contribution in [0.4, 0.5) is 10.1 Å². The summed E-state index contributed by atoms with van der Waals surface area (Å²) in [5.41, 5.74) is 1.74. The van der Waals surface area contributed by atoms with Gasteiger partial charge in [-0.3, -0.25) is 4.79 Å². The normalized spacial score (nSPS) is 10.3. The van der Waals surface area contributed by atoms with E-state index >= 15 is 0 Å². The number of carbonyl (C=O) groups is 1. The maximum atomic E-state index is 12.7. The number of halogens is 1. The van der Waals surface area contributed by atoms with Crippen molar-refractivity contribution in [3.05, 3.63) is 72.6 Å². The SMILES string of the molecule is O=C(Nc1cccc(-n2cccn2)c1)c1ccc(F)nc1. The summed E-state index contributed by atoms with van der Waals surface area (Å²) < 4.78 is 14.4. The van der Waals surface area contributed by atoms with E-state index in [0.717, 1.165) is 11.8 Å². The molecule has 1 amide bonds. The lowest BCUT2D eigenvalue weighted by Crippen LogP contribution is -2.12. The van der Waals surface area contributed by atoms with E-state index < -0.39 is 5.95 Å². The molecule has 5 nitrogen and oxygen atoms in total. The van der Waals surface area contributed by atoms with Crippen LogP contribution in [0.3, 0.4) is 0 Å². The molecule has 0 aliphatic heterocycles. The van der Waals surface area contributed by atoms with Gasteiger partial charge in [0, 0.05) is 24.3 Å². The van der Waals surface area contributed by atoms with Crippen LogP contribution in [0.1, 0.15) is 10.4 Å². The van der Waals surface area contributed by atoms with E-state index in [4.69, 9.17) is 0 Å². The molecule has 6 heteroatoms. The molecule has 1 aromatic carbocycles. The number of anilines is 1. The van der Waals surface area contributed by atoms with Crippen molar-refractivity contribution in [2.45, 2.75) is 0 Å². The molecule has 104 valence electrons. The van der Waals surface area contributed by atoms with Gasteiger partial charge in [-0.1, -0.05) is 6.07 Å². The topological polar surface area (TPSA) is 59.8 Å². The highest BCUT2D eigenvalue weighted by Crippen LogP contribution is 2.15. The third-order valence-corrected chi connectivity index (χ3v) is 2.86. The van der Waals surface area contributed by atoms with Crippen molar-refractivity contribution >= 4 is 11.6 Å². The minimum atomic E-state index is -0.618. The molecule has 0 fully saturated rings. The zero-order valence-corrected chi connectivity index (χ0v) is 10.9. The lowest BCUT2D eigenvalue weighted by Gasteiger charge is -2.07. The molecule has 1 N–H and O–H groups in total. The third kappa shape index (κ3) is 2.94. The Morgan fingerprint density at radius 2 is 2.10 bits per heavy atom. The largest absolute Gasteiger partial charge is 0.322 e. The van der Waals surface area contributed by atoms with Gasteiger partial charge >= 0.3 is 0 Å². The second kappa shape index (κ2) is 5.54. The van der Waals surface area contributed by atoms with Gasteiger partial charge in [-0.25, -0.2) is 9.67 Å². The highest BCUT2D eigenvalue weighted by Gasteiger charge is 2.07. The fourth-order valence-corrected chi connectivity index (χ4v) is 1.86. The van der Waals surface area contributed by atoms with Crippen LogP contribution in [0.5, 0.6) is 0 Å². The standard InChI is InChI=1S/C15H11FN4O/c16-14-6-5-11(10-17-14)15(21)19-12-3-1-4-13(9-12)20-8-2-7-18-20/h1-10H,(H,19,21). The Kier molecular flexibility index (Phi) is 3.42. The number of aromatic nitrogens is 3. The van der Waals surface area contributed by atoms with Crippen LogP contribution in [-0.2, 0) is 0 Å². The monoisotopic (exact) mass is 282 g/mol. The number of amides is 1. The molecule has 2 heterocycles. The van der Waals surface area contributed by atoms with E-state index in [9.17, 15) is 9.18 Å². The Morgan fingerprint density at radius 1 is 1.19 bits per heavy atom. The number of rotatable bonds is 3. The predicted octanol–water partition coefficient (Wildman–Crippen LogP) is 2.66. The van der Waals surface area contributed by atoms with Gasteiger partial charge in [0.25, 0.3) is 5.91 Å². The van der Waals surface area contributed by atoms with E-state index in [0.29, 0.717) is 11.3 Å². The zero-order valence-electron chi connectivity index (χ0n) is 10.9. The number of benzene rings is 1. The first-order valence-corrected chi connectivity index (χ1v) is 6.25. The van der Waals surface area contributed by atoms with Gasteiger partial charge in [0.2, 0.25) is 5.95 Å². The lowest BCUT2D eigenvalue weighted by atomic mass is 10.2. The molecule has 0 radical (unpaired) electrons. The van der Waals surface area contributed by atoms with Crippen LogP contribution in [0.2, 0.25) is 0 Å². The number of nitrogens with zero attached hydrogens (tertiary/aromatic N) is 3. The van der Waals surface area contributed by atoms with Crippen molar-refractivity contribution < 1.29 is 9.18 Å². The van der Waals surface area contributed by atoms with Gasteiger partial charge < -0.3 is 5.32 Å². The summed E-state index contributed by atoms with van der Waals surface area (Å²) in [6.45, 7) is 0. The molecule has 0 atom stereocenters. The smallest absolute Gasteiger partial charge is 0.257 e. The molecule has 0 unspecified atom stereocenters. The summed E-state index contributed by atoms with van der Waals surface area (Å²) in [4.78, 5) is 15.5. The van der Waals surface area contributed by atoms with E-state index in [2.05, 4.69) is 15.4 Å². The molecular formula is C15H11FN4O. The molecule has 0 bridgehead atoms. The minimum Gasteiger partial charge on any atom is -0.322 e. The van der Waals surface area contributed by atoms with Crippen molar-refractivity contribution in [2.24, 2.45) is 0 Å². The molecular weight excluding hydrogens is 271 g/mol. The van der Waals surface area contributed by atoms with Gasteiger partial charge in [-0.2, -0.15) is 9.49 Å². The summed E-state index contributed by atoms with van der Waals surface area (Å²) in [7, 11) is 0. The molecule has 0 saturated heterocycles. The maximum absolute atomic E-state index is 12.7. The van der Waals surface area contributed by atoms with E-state index in [1.54, 1.807) is 23.0 Å². The predicted molar refractivity (Wildman–Crippen MR) is 75.7 cm³/mol. The van der Waals surface area contributed by atoms with Crippen LogP contribution in [0.25, 0.3) is 5.69 Å². The Hall–Kier alpha value is -3.02. The molecule has 0 aliphatic carbocycles. The molecule has 2 aromatic heterocycles. The summed E-state index contributed by atoms with van der Waals surface area (Å²) in [5, 5.41) is 6.86. The number of carbonyl (C=O) groups excluding carboxylic acids is 1. The van der Waals surface area contributed by atoms with Crippen molar-refractivity contribution in [3.8, 4) is 5.69 Å². The van der Waals surface area contributed by atoms with E-state index in [-0.39, 0.29) is 5.91 Å². The number of nitrogens with one attached hydrogen (secondary N) is 1. The highest BCUT2D eigenvalue weighted by molar-refractivity contribution is 6.04. The number of hydrogen-bond acceptors (Lipinski definition) is 3. The molecule has 21 heavy (non-hydrogen) atoms. The van der Waals surface area contributed by atoms with Crippen molar-refractivity contribution in [2.75, 3.05) is 5.32 Å². The molecule has 0 aliphatic rings. The van der Waals surface area contributed by atoms with E-state index in [1.807, 2.05) is 24.4 Å². The van der Waals surface area contributed by atoms with Crippen molar-refractivity contribution in [3.63, 3.8) is 0 Å². The Morgan fingerprint density at radius 3 is 2.81 bits per heavy atom. The zero-order chi connectivity index (χ0) is 14.7. The lowest BCUT2D eigenvalue weighted by molar-refractivity contribution is 0.102. The fraction of sp³-hybridized carbons (Fsp3) is 0. The Bertz CT molecular complexity index is 754. The van der Waals surface area contributed by atoms with Crippen LogP contribution in [-0.4, -0.2) is 20.7 Å². The Labute approximate surface area is 120 Å². The average molecular weight is 282 g/mol. The average Bonchev–Trinajstić information content (AvgIpc) is 3.02. The fourth-order valence-electron chi connectivity index (χ4n) is 1.86. The van der Waals surface area contributed by atoms with Crippen LogP contribution in [0, 0.1) is 5.95 Å². The molecule has 0 spiro atoms. The molecule has 3 rings (SSSR count). The van der Waals surface area contributed by atoms with Crippen molar-refractivity contribution in [1.29, 1.82) is 0 Å². The first kappa shape index (κ1) is 13.0. The maximum Gasteiger partial charge on any atom is 0.257 e. The van der Waals surface area contributed by atoms with Gasteiger partial charge in [0.15, 0.2) is 0 Å². The van der Waals surface area contributed by atoms with Crippen LogP contribution < -0.4 is 5.32 Å². The van der Waals surface area contributed by atoms with Gasteiger partial charge in [-0.15, -0.1) is 0 Å². The Balaban J connectivity index is 1.80. The second-order valence-electron chi connectivity index (χ2n) is 4.32. The van der Waals surface area contributed by atoms with E-state index in [1.165, 1.54) is 12.3 Å². The summed E-state index contributed by atoms with van der Waals surface area (Å²) in [6, 6.07) is 11.6. The molecule has 3 aromatic rings. The van der Waals surface area contributed by atoms with Crippen molar-refractivity contribution in [1.82, 2.24) is 14.8 Å². The quantitative estimate of drug-likeness (QED) is 0.751. The van der Waals surface area contributed by atoms with Gasteiger partial charge in [0.05, 0.1) is 11.3 Å². The third-order valence-electron chi connectivity index (χ3n) is 2.86. The highest BCUT2D eigenvalue weighted by atomic mass is 19.1. The van der Waals surface area contributed by atoms with Gasteiger partial charge in [0.1, 0.15) is 0 Å². The first-order chi connectivity index (χ1) is 10.2. The molecule has 0 saturated carbocycles. The van der Waals surface area contributed by atoms with Crippen LogP contribution in [0.15, 0.2) is 61.1 Å². The van der Waals surface area contributed by atoms with Crippen LogP contribution >= 0.6 is 0 Å². The van der Waals surface area contributed by atoms with Gasteiger partial charge in [-0.05, 0) is 36.4 Å². The summed E-state index contributed by atoms with van der Waals surface area (Å²) in [6.07, 6.45) is 4.68. The summed E-state index contributed by atoms with van der Waals surface area (Å²) >= 11 is 0. The number of pyridine rings is 1. The first-order valence-electron chi connectivity index (χ1n) is 6.25. The minimum absolute atomic E-state index is 0.292.